The quantitative estimate of drug-likeness (QED) is 0.759. The van der Waals surface area contributed by atoms with Crippen molar-refractivity contribution in [3.8, 4) is 0 Å². The van der Waals surface area contributed by atoms with Crippen LogP contribution in [0.3, 0.4) is 0 Å². The Hall–Kier alpha value is -1.83. The fourth-order valence-electron chi connectivity index (χ4n) is 3.32. The Morgan fingerprint density at radius 2 is 1.67 bits per heavy atom. The zero-order valence-electron chi connectivity index (χ0n) is 14.3. The van der Waals surface area contributed by atoms with Crippen LogP contribution in [0.5, 0.6) is 0 Å². The van der Waals surface area contributed by atoms with E-state index in [1.807, 2.05) is 9.80 Å². The molecule has 0 aromatic carbocycles. The molecule has 0 radical (unpaired) electrons. The number of carbonyl (C=O) groups is 3. The largest absolute Gasteiger partial charge is 0.480 e. The van der Waals surface area contributed by atoms with E-state index in [0.29, 0.717) is 32.5 Å². The molecule has 0 aromatic rings. The van der Waals surface area contributed by atoms with Gasteiger partial charge >= 0.3 is 12.0 Å². The second kappa shape index (κ2) is 8.86. The lowest BCUT2D eigenvalue weighted by Gasteiger charge is -2.35. The first-order valence-electron chi connectivity index (χ1n) is 8.56. The third kappa shape index (κ3) is 4.83. The number of amides is 3. The van der Waals surface area contributed by atoms with Crippen molar-refractivity contribution in [3.05, 3.63) is 0 Å². The molecule has 0 bridgehead atoms. The number of carbonyl (C=O) groups excluding carboxylic acids is 2. The normalized spacial score (nSPS) is 18.7. The molecule has 0 unspecified atom stereocenters. The molecule has 3 amide bonds. The van der Waals surface area contributed by atoms with Crippen molar-refractivity contribution in [1.29, 1.82) is 0 Å². The number of rotatable bonds is 6. The van der Waals surface area contributed by atoms with Crippen LogP contribution >= 0.6 is 0 Å². The zero-order valence-corrected chi connectivity index (χ0v) is 14.3. The molecule has 2 fully saturated rings. The van der Waals surface area contributed by atoms with Gasteiger partial charge in [0.2, 0.25) is 5.91 Å². The van der Waals surface area contributed by atoms with Crippen LogP contribution in [0.15, 0.2) is 0 Å². The smallest absolute Gasteiger partial charge is 0.323 e. The summed E-state index contributed by atoms with van der Waals surface area (Å²) in [7, 11) is 1.52. The van der Waals surface area contributed by atoms with Crippen LogP contribution in [-0.2, 0) is 14.3 Å². The SMILES string of the molecule is COCCN(CC(=O)O)C(=O)C1CCN(C(=O)N2CCCC2)CC1. The van der Waals surface area contributed by atoms with E-state index >= 15 is 0 Å². The molecular weight excluding hydrogens is 314 g/mol. The van der Waals surface area contributed by atoms with Gasteiger partial charge in [-0.25, -0.2) is 4.79 Å². The summed E-state index contributed by atoms with van der Waals surface area (Å²) < 4.78 is 4.95. The fourth-order valence-corrected chi connectivity index (χ4v) is 3.32. The molecular formula is C16H27N3O5. The topological polar surface area (TPSA) is 90.4 Å². The summed E-state index contributed by atoms with van der Waals surface area (Å²) in [5.74, 6) is -1.40. The van der Waals surface area contributed by atoms with Crippen molar-refractivity contribution in [1.82, 2.24) is 14.7 Å². The zero-order chi connectivity index (χ0) is 17.5. The van der Waals surface area contributed by atoms with Gasteiger partial charge in [-0.2, -0.15) is 0 Å². The van der Waals surface area contributed by atoms with Crippen LogP contribution in [0.1, 0.15) is 25.7 Å². The van der Waals surface area contributed by atoms with E-state index in [-0.39, 0.29) is 30.9 Å². The number of hydrogen-bond acceptors (Lipinski definition) is 4. The van der Waals surface area contributed by atoms with E-state index in [1.165, 1.54) is 12.0 Å². The highest BCUT2D eigenvalue weighted by atomic mass is 16.5. The molecule has 2 aliphatic rings. The molecule has 1 N–H and O–H groups in total. The minimum absolute atomic E-state index is 0.0696. The van der Waals surface area contributed by atoms with Gasteiger partial charge in [-0.15, -0.1) is 0 Å². The van der Waals surface area contributed by atoms with E-state index in [0.717, 1.165) is 25.9 Å². The fraction of sp³-hybridized carbons (Fsp3) is 0.812. The number of ether oxygens (including phenoxy) is 1. The van der Waals surface area contributed by atoms with Crippen LogP contribution < -0.4 is 0 Å². The molecule has 0 aromatic heterocycles. The van der Waals surface area contributed by atoms with Gasteiger partial charge in [-0.3, -0.25) is 9.59 Å². The highest BCUT2D eigenvalue weighted by Crippen LogP contribution is 2.22. The van der Waals surface area contributed by atoms with Crippen LogP contribution in [0, 0.1) is 5.92 Å². The number of aliphatic carboxylic acids is 1. The molecule has 0 saturated carbocycles. The van der Waals surface area contributed by atoms with Gasteiger partial charge in [-0.1, -0.05) is 0 Å². The maximum atomic E-state index is 12.6. The number of likely N-dealkylation sites (tertiary alicyclic amines) is 2. The standard InChI is InChI=1S/C16H27N3O5/c1-24-11-10-19(12-14(20)21)15(22)13-4-8-18(9-5-13)16(23)17-6-2-3-7-17/h13H,2-12H2,1H3,(H,20,21). The van der Waals surface area contributed by atoms with Crippen LogP contribution in [0.25, 0.3) is 0 Å². The Balaban J connectivity index is 1.85. The van der Waals surface area contributed by atoms with Crippen LogP contribution in [-0.4, -0.2) is 90.7 Å². The van der Waals surface area contributed by atoms with E-state index in [2.05, 4.69) is 0 Å². The Kier molecular flexibility index (Phi) is 6.84. The van der Waals surface area contributed by atoms with Crippen molar-refractivity contribution >= 4 is 17.9 Å². The minimum Gasteiger partial charge on any atom is -0.480 e. The highest BCUT2D eigenvalue weighted by Gasteiger charge is 2.32. The van der Waals surface area contributed by atoms with Gasteiger partial charge in [0, 0.05) is 45.8 Å². The Morgan fingerprint density at radius 1 is 1.08 bits per heavy atom. The number of piperidine rings is 1. The van der Waals surface area contributed by atoms with Gasteiger partial charge in [-0.05, 0) is 25.7 Å². The number of carboxylic acid groups (broad SMARTS) is 1. The molecule has 2 rings (SSSR count). The summed E-state index contributed by atoms with van der Waals surface area (Å²) in [6, 6.07) is 0.0696. The van der Waals surface area contributed by atoms with E-state index < -0.39 is 5.97 Å². The predicted molar refractivity (Wildman–Crippen MR) is 86.6 cm³/mol. The lowest BCUT2D eigenvalue weighted by molar-refractivity contribution is -0.147. The first kappa shape index (κ1) is 18.5. The lowest BCUT2D eigenvalue weighted by Crippen LogP contribution is -2.49. The number of nitrogens with zero attached hydrogens (tertiary/aromatic N) is 3. The Morgan fingerprint density at radius 3 is 2.21 bits per heavy atom. The average molecular weight is 341 g/mol. The third-order valence-electron chi connectivity index (χ3n) is 4.69. The molecule has 0 atom stereocenters. The first-order chi connectivity index (χ1) is 11.5. The number of hydrogen-bond donors (Lipinski definition) is 1. The van der Waals surface area contributed by atoms with Crippen molar-refractivity contribution in [3.63, 3.8) is 0 Å². The van der Waals surface area contributed by atoms with Crippen molar-refractivity contribution in [2.45, 2.75) is 25.7 Å². The summed E-state index contributed by atoms with van der Waals surface area (Å²) in [6.45, 7) is 3.02. The van der Waals surface area contributed by atoms with E-state index in [4.69, 9.17) is 9.84 Å². The van der Waals surface area contributed by atoms with Gasteiger partial charge in [0.1, 0.15) is 6.54 Å². The Labute approximate surface area is 142 Å². The number of carboxylic acids is 1. The van der Waals surface area contributed by atoms with Crippen molar-refractivity contribution in [2.75, 3.05) is 53.0 Å². The molecule has 8 nitrogen and oxygen atoms in total. The predicted octanol–water partition coefficient (Wildman–Crippen LogP) is 0.474. The molecule has 0 spiro atoms. The molecule has 8 heteroatoms. The van der Waals surface area contributed by atoms with Gasteiger partial charge in [0.25, 0.3) is 0 Å². The molecule has 0 aliphatic carbocycles. The maximum Gasteiger partial charge on any atom is 0.323 e. The average Bonchev–Trinajstić information content (AvgIpc) is 3.11. The molecule has 2 heterocycles. The van der Waals surface area contributed by atoms with Gasteiger partial charge in [0.05, 0.1) is 6.61 Å². The maximum absolute atomic E-state index is 12.6. The summed E-state index contributed by atoms with van der Waals surface area (Å²) in [5, 5.41) is 8.97. The summed E-state index contributed by atoms with van der Waals surface area (Å²) in [6.07, 6.45) is 3.29. The molecule has 136 valence electrons. The van der Waals surface area contributed by atoms with Gasteiger partial charge < -0.3 is 24.5 Å². The summed E-state index contributed by atoms with van der Waals surface area (Å²) >= 11 is 0. The second-order valence-corrected chi connectivity index (χ2v) is 6.38. The number of urea groups is 1. The van der Waals surface area contributed by atoms with E-state index in [9.17, 15) is 14.4 Å². The summed E-state index contributed by atoms with van der Waals surface area (Å²) in [5.41, 5.74) is 0. The minimum atomic E-state index is -1.03. The van der Waals surface area contributed by atoms with Crippen molar-refractivity contribution < 1.29 is 24.2 Å². The third-order valence-corrected chi connectivity index (χ3v) is 4.69. The van der Waals surface area contributed by atoms with Crippen molar-refractivity contribution in [2.24, 2.45) is 5.92 Å². The number of methoxy groups -OCH3 is 1. The molecule has 24 heavy (non-hydrogen) atoms. The Bertz CT molecular complexity index is 457. The second-order valence-electron chi connectivity index (χ2n) is 6.38. The first-order valence-corrected chi connectivity index (χ1v) is 8.56. The van der Waals surface area contributed by atoms with Gasteiger partial charge in [0.15, 0.2) is 0 Å². The summed E-state index contributed by atoms with van der Waals surface area (Å²) in [4.78, 5) is 40.9. The lowest BCUT2D eigenvalue weighted by atomic mass is 9.95. The highest BCUT2D eigenvalue weighted by molar-refractivity contribution is 5.83. The molecule has 2 aliphatic heterocycles. The van der Waals surface area contributed by atoms with Crippen LogP contribution in [0.4, 0.5) is 4.79 Å². The molecule has 2 saturated heterocycles. The monoisotopic (exact) mass is 341 g/mol. The van der Waals surface area contributed by atoms with E-state index in [1.54, 1.807) is 0 Å². The van der Waals surface area contributed by atoms with Crippen LogP contribution in [0.2, 0.25) is 0 Å².